The van der Waals surface area contributed by atoms with Crippen LogP contribution in [0.15, 0.2) is 0 Å². The predicted octanol–water partition coefficient (Wildman–Crippen LogP) is 3.52. The summed E-state index contributed by atoms with van der Waals surface area (Å²) in [6.45, 7) is 14.5. The van der Waals surface area contributed by atoms with E-state index in [2.05, 4.69) is 44.8 Å². The van der Waals surface area contributed by atoms with E-state index in [0.29, 0.717) is 6.04 Å². The van der Waals surface area contributed by atoms with Gasteiger partial charge in [0.25, 0.3) is 0 Å². The summed E-state index contributed by atoms with van der Waals surface area (Å²) in [4.78, 5) is 2.87. The molecule has 1 heterocycles. The van der Waals surface area contributed by atoms with E-state index >= 15 is 0 Å². The van der Waals surface area contributed by atoms with Crippen molar-refractivity contribution >= 4 is 0 Å². The van der Waals surface area contributed by atoms with Crippen molar-refractivity contribution in [3.05, 3.63) is 0 Å². The smallest absolute Gasteiger partial charge is 0.0247 e. The maximum Gasteiger partial charge on any atom is 0.0247 e. The fourth-order valence-corrected chi connectivity index (χ4v) is 3.99. The van der Waals surface area contributed by atoms with E-state index in [9.17, 15) is 0 Å². The maximum absolute atomic E-state index is 3.75. The molecule has 2 aliphatic rings. The quantitative estimate of drug-likeness (QED) is 0.841. The van der Waals surface area contributed by atoms with Crippen LogP contribution in [-0.2, 0) is 0 Å². The zero-order valence-corrected chi connectivity index (χ0v) is 13.7. The van der Waals surface area contributed by atoms with Gasteiger partial charge in [0.15, 0.2) is 0 Å². The molecule has 0 aromatic rings. The average Bonchev–Trinajstić information content (AvgIpc) is 2.41. The molecule has 1 aliphatic heterocycles. The molecule has 1 saturated carbocycles. The average molecular weight is 266 g/mol. The number of hydrogen-bond acceptors (Lipinski definition) is 2. The third kappa shape index (κ3) is 3.52. The summed E-state index contributed by atoms with van der Waals surface area (Å²) in [7, 11) is 0. The molecule has 1 N–H and O–H groups in total. The van der Waals surface area contributed by atoms with Crippen LogP contribution in [0, 0.1) is 17.8 Å². The SMILES string of the molecule is CCC1CN(C2CCC(C)C(C)C2)C(C(C)C)CN1. The van der Waals surface area contributed by atoms with Crippen LogP contribution in [0.25, 0.3) is 0 Å². The van der Waals surface area contributed by atoms with Crippen molar-refractivity contribution in [1.82, 2.24) is 10.2 Å². The Balaban J connectivity index is 2.04. The van der Waals surface area contributed by atoms with E-state index in [4.69, 9.17) is 0 Å². The summed E-state index contributed by atoms with van der Waals surface area (Å²) in [6, 6.07) is 2.30. The van der Waals surface area contributed by atoms with Gasteiger partial charge in [0.05, 0.1) is 0 Å². The molecule has 19 heavy (non-hydrogen) atoms. The topological polar surface area (TPSA) is 15.3 Å². The van der Waals surface area contributed by atoms with Crippen molar-refractivity contribution in [3.8, 4) is 0 Å². The Hall–Kier alpha value is -0.0800. The van der Waals surface area contributed by atoms with Crippen LogP contribution >= 0.6 is 0 Å². The molecule has 0 aromatic heterocycles. The molecule has 2 nitrogen and oxygen atoms in total. The summed E-state index contributed by atoms with van der Waals surface area (Å²) in [5, 5.41) is 3.75. The van der Waals surface area contributed by atoms with E-state index in [1.165, 1.54) is 38.8 Å². The minimum atomic E-state index is 0.713. The normalized spacial score (nSPS) is 41.7. The van der Waals surface area contributed by atoms with Crippen molar-refractivity contribution in [2.24, 2.45) is 17.8 Å². The van der Waals surface area contributed by atoms with Gasteiger partial charge in [-0.2, -0.15) is 0 Å². The van der Waals surface area contributed by atoms with E-state index in [-0.39, 0.29) is 0 Å². The van der Waals surface area contributed by atoms with E-state index in [0.717, 1.165) is 29.8 Å². The number of nitrogens with zero attached hydrogens (tertiary/aromatic N) is 1. The van der Waals surface area contributed by atoms with Crippen LogP contribution in [0.5, 0.6) is 0 Å². The van der Waals surface area contributed by atoms with Crippen LogP contribution in [0.3, 0.4) is 0 Å². The van der Waals surface area contributed by atoms with Gasteiger partial charge in [-0.3, -0.25) is 4.90 Å². The van der Waals surface area contributed by atoms with Crippen LogP contribution in [0.2, 0.25) is 0 Å². The minimum Gasteiger partial charge on any atom is -0.311 e. The Kier molecular flexibility index (Phi) is 5.30. The molecular weight excluding hydrogens is 232 g/mol. The second-order valence-electron chi connectivity index (χ2n) is 7.44. The summed E-state index contributed by atoms with van der Waals surface area (Å²) in [6.07, 6.45) is 5.53. The maximum atomic E-state index is 3.75. The zero-order chi connectivity index (χ0) is 14.0. The summed E-state index contributed by atoms with van der Waals surface area (Å²) in [5.74, 6) is 2.60. The van der Waals surface area contributed by atoms with Gasteiger partial charge in [-0.15, -0.1) is 0 Å². The van der Waals surface area contributed by atoms with Crippen molar-refractivity contribution in [1.29, 1.82) is 0 Å². The lowest BCUT2D eigenvalue weighted by atomic mass is 9.77. The molecule has 0 amide bonds. The molecule has 1 saturated heterocycles. The summed E-state index contributed by atoms with van der Waals surface area (Å²) < 4.78 is 0. The first-order valence-electron chi connectivity index (χ1n) is 8.52. The lowest BCUT2D eigenvalue weighted by Gasteiger charge is -2.49. The molecule has 5 atom stereocenters. The molecule has 2 rings (SSSR count). The second-order valence-corrected chi connectivity index (χ2v) is 7.44. The van der Waals surface area contributed by atoms with Gasteiger partial charge >= 0.3 is 0 Å². The highest BCUT2D eigenvalue weighted by Gasteiger charge is 2.36. The highest BCUT2D eigenvalue weighted by atomic mass is 15.3. The Bertz CT molecular complexity index is 276. The lowest BCUT2D eigenvalue weighted by molar-refractivity contribution is 0.0202. The summed E-state index contributed by atoms with van der Waals surface area (Å²) >= 11 is 0. The molecule has 0 aromatic carbocycles. The van der Waals surface area contributed by atoms with Gasteiger partial charge in [0.2, 0.25) is 0 Å². The van der Waals surface area contributed by atoms with Gasteiger partial charge in [-0.05, 0) is 43.4 Å². The highest BCUT2D eigenvalue weighted by Crippen LogP contribution is 2.34. The van der Waals surface area contributed by atoms with Crippen molar-refractivity contribution < 1.29 is 0 Å². The van der Waals surface area contributed by atoms with Crippen molar-refractivity contribution in [2.45, 2.75) is 78.4 Å². The van der Waals surface area contributed by atoms with E-state index < -0.39 is 0 Å². The third-order valence-electron chi connectivity index (χ3n) is 5.77. The molecule has 112 valence electrons. The van der Waals surface area contributed by atoms with Gasteiger partial charge < -0.3 is 5.32 Å². The first-order chi connectivity index (χ1) is 9.02. The van der Waals surface area contributed by atoms with Crippen molar-refractivity contribution in [3.63, 3.8) is 0 Å². The largest absolute Gasteiger partial charge is 0.311 e. The number of nitrogens with one attached hydrogen (secondary N) is 1. The molecule has 2 fully saturated rings. The van der Waals surface area contributed by atoms with E-state index in [1.807, 2.05) is 0 Å². The molecule has 0 bridgehead atoms. The summed E-state index contributed by atoms with van der Waals surface area (Å²) in [5.41, 5.74) is 0. The molecule has 2 heteroatoms. The van der Waals surface area contributed by atoms with Crippen LogP contribution < -0.4 is 5.32 Å². The van der Waals surface area contributed by atoms with Gasteiger partial charge in [-0.25, -0.2) is 0 Å². The first kappa shape index (κ1) is 15.3. The fraction of sp³-hybridized carbons (Fsp3) is 1.00. The van der Waals surface area contributed by atoms with Crippen LogP contribution in [0.4, 0.5) is 0 Å². The molecule has 0 radical (unpaired) electrons. The van der Waals surface area contributed by atoms with Gasteiger partial charge in [0, 0.05) is 31.2 Å². The Labute approximate surface area is 120 Å². The van der Waals surface area contributed by atoms with Gasteiger partial charge in [0.1, 0.15) is 0 Å². The van der Waals surface area contributed by atoms with E-state index in [1.54, 1.807) is 0 Å². The lowest BCUT2D eigenvalue weighted by Crippen LogP contribution is -2.61. The Morgan fingerprint density at radius 3 is 2.47 bits per heavy atom. The van der Waals surface area contributed by atoms with Crippen LogP contribution in [0.1, 0.15) is 60.3 Å². The van der Waals surface area contributed by atoms with Gasteiger partial charge in [-0.1, -0.05) is 34.6 Å². The highest BCUT2D eigenvalue weighted by molar-refractivity contribution is 4.93. The Morgan fingerprint density at radius 2 is 1.89 bits per heavy atom. The Morgan fingerprint density at radius 1 is 1.16 bits per heavy atom. The monoisotopic (exact) mass is 266 g/mol. The fourth-order valence-electron chi connectivity index (χ4n) is 3.99. The molecular formula is C17H34N2. The number of hydrogen-bond donors (Lipinski definition) is 1. The standard InChI is InChI=1S/C17H34N2/c1-6-15-11-19(17(10-18-15)12(2)3)16-8-7-13(4)14(5)9-16/h12-18H,6-11H2,1-5H3. The number of rotatable bonds is 3. The number of piperazine rings is 1. The zero-order valence-electron chi connectivity index (χ0n) is 13.7. The minimum absolute atomic E-state index is 0.713. The molecule has 0 spiro atoms. The van der Waals surface area contributed by atoms with Crippen molar-refractivity contribution in [2.75, 3.05) is 13.1 Å². The van der Waals surface area contributed by atoms with Crippen LogP contribution in [-0.4, -0.2) is 36.1 Å². The molecule has 5 unspecified atom stereocenters. The first-order valence-corrected chi connectivity index (χ1v) is 8.52. The predicted molar refractivity (Wildman–Crippen MR) is 83.4 cm³/mol. The second kappa shape index (κ2) is 6.58. The molecule has 1 aliphatic carbocycles. The third-order valence-corrected chi connectivity index (χ3v) is 5.77.